The van der Waals surface area contributed by atoms with Gasteiger partial charge in [-0.1, -0.05) is 36.1 Å². The highest BCUT2D eigenvalue weighted by Crippen LogP contribution is 2.25. The van der Waals surface area contributed by atoms with Crippen molar-refractivity contribution in [2.24, 2.45) is 0 Å². The lowest BCUT2D eigenvalue weighted by molar-refractivity contribution is -0.119. The predicted molar refractivity (Wildman–Crippen MR) is 77.2 cm³/mol. The summed E-state index contributed by atoms with van der Waals surface area (Å²) in [6, 6.07) is 0.220. The van der Waals surface area contributed by atoms with Crippen molar-refractivity contribution in [3.05, 3.63) is 12.7 Å². The number of carbonyl (C=O) groups excluding carboxylic acids is 1. The largest absolute Gasteiger partial charge is 0.357 e. The normalized spacial score (nSPS) is 11.9. The Morgan fingerprint density at radius 3 is 3.06 bits per heavy atom. The van der Waals surface area contributed by atoms with E-state index in [-0.39, 0.29) is 11.9 Å². The third-order valence-corrected chi connectivity index (χ3v) is 4.16. The number of hydrogen-bond donors (Lipinski definition) is 2. The molecule has 1 rings (SSSR count). The Hall–Kier alpha value is -1.08. The summed E-state index contributed by atoms with van der Waals surface area (Å²) < 4.78 is 0.792. The molecule has 5 nitrogen and oxygen atoms in total. The summed E-state index contributed by atoms with van der Waals surface area (Å²) in [5, 5.41) is 14.7. The Labute approximate surface area is 115 Å². The van der Waals surface area contributed by atoms with Crippen LogP contribution in [-0.2, 0) is 4.79 Å². The van der Waals surface area contributed by atoms with E-state index in [1.165, 1.54) is 23.1 Å². The van der Waals surface area contributed by atoms with Crippen LogP contribution in [0.15, 0.2) is 17.0 Å². The van der Waals surface area contributed by atoms with E-state index in [1.54, 1.807) is 6.08 Å². The molecule has 1 aromatic rings. The molecule has 0 saturated heterocycles. The van der Waals surface area contributed by atoms with Gasteiger partial charge in [0.1, 0.15) is 0 Å². The van der Waals surface area contributed by atoms with Gasteiger partial charge in [0.2, 0.25) is 11.0 Å². The van der Waals surface area contributed by atoms with E-state index in [0.717, 1.165) is 15.9 Å². The van der Waals surface area contributed by atoms with Gasteiger partial charge in [-0.25, -0.2) is 0 Å². The van der Waals surface area contributed by atoms with Crippen LogP contribution in [0.1, 0.15) is 20.3 Å². The number of anilines is 1. The number of nitrogens with zero attached hydrogens (tertiary/aromatic N) is 2. The van der Waals surface area contributed by atoms with Crippen molar-refractivity contribution in [3.8, 4) is 0 Å². The van der Waals surface area contributed by atoms with E-state index >= 15 is 0 Å². The molecule has 0 aromatic carbocycles. The molecule has 2 N–H and O–H groups in total. The fraction of sp³-hybridized carbons (Fsp3) is 0.545. The minimum absolute atomic E-state index is 0.0325. The molecule has 0 bridgehead atoms. The molecule has 100 valence electrons. The Morgan fingerprint density at radius 2 is 2.39 bits per heavy atom. The molecule has 0 fully saturated rings. The van der Waals surface area contributed by atoms with Crippen LogP contribution in [0.2, 0.25) is 0 Å². The SMILES string of the molecule is C=CCNc1nnc(SCC(=O)N[C@@H](C)CC)s1. The van der Waals surface area contributed by atoms with Gasteiger partial charge in [-0.15, -0.1) is 16.8 Å². The Balaban J connectivity index is 2.32. The molecule has 18 heavy (non-hydrogen) atoms. The maximum absolute atomic E-state index is 11.6. The lowest BCUT2D eigenvalue weighted by Crippen LogP contribution is -2.33. The molecule has 0 saturated carbocycles. The second kappa shape index (κ2) is 8.10. The van der Waals surface area contributed by atoms with Crippen LogP contribution in [0.25, 0.3) is 0 Å². The zero-order chi connectivity index (χ0) is 13.4. The maximum Gasteiger partial charge on any atom is 0.230 e. The molecule has 0 aliphatic carbocycles. The first kappa shape index (κ1) is 15.0. The molecule has 1 amide bonds. The number of aromatic nitrogens is 2. The van der Waals surface area contributed by atoms with Crippen molar-refractivity contribution in [2.45, 2.75) is 30.6 Å². The van der Waals surface area contributed by atoms with Crippen LogP contribution in [0, 0.1) is 0 Å². The van der Waals surface area contributed by atoms with Gasteiger partial charge < -0.3 is 10.6 Å². The first-order valence-electron chi connectivity index (χ1n) is 5.76. The number of amides is 1. The number of rotatable bonds is 8. The van der Waals surface area contributed by atoms with Gasteiger partial charge in [0.25, 0.3) is 0 Å². The van der Waals surface area contributed by atoms with Gasteiger partial charge in [-0.2, -0.15) is 0 Å². The summed E-state index contributed by atoms with van der Waals surface area (Å²) in [4.78, 5) is 11.6. The molecular formula is C11H18N4OS2. The van der Waals surface area contributed by atoms with Crippen LogP contribution in [0.3, 0.4) is 0 Å². The summed E-state index contributed by atoms with van der Waals surface area (Å²) in [5.41, 5.74) is 0. The van der Waals surface area contributed by atoms with Gasteiger partial charge in [0.05, 0.1) is 5.75 Å². The molecule has 1 heterocycles. The average molecular weight is 286 g/mol. The maximum atomic E-state index is 11.6. The summed E-state index contributed by atoms with van der Waals surface area (Å²) in [5.74, 6) is 0.408. The summed E-state index contributed by atoms with van der Waals surface area (Å²) >= 11 is 2.84. The van der Waals surface area contributed by atoms with E-state index in [2.05, 4.69) is 27.4 Å². The Morgan fingerprint density at radius 1 is 1.61 bits per heavy atom. The summed E-state index contributed by atoms with van der Waals surface area (Å²) in [7, 11) is 0. The van der Waals surface area contributed by atoms with Crippen LogP contribution in [-0.4, -0.2) is 34.4 Å². The molecule has 0 radical (unpaired) electrons. The predicted octanol–water partition coefficient (Wildman–Crippen LogP) is 2.14. The highest BCUT2D eigenvalue weighted by molar-refractivity contribution is 8.01. The lowest BCUT2D eigenvalue weighted by Gasteiger charge is -2.09. The average Bonchev–Trinajstić information content (AvgIpc) is 2.81. The smallest absolute Gasteiger partial charge is 0.230 e. The standard InChI is InChI=1S/C11H18N4OS2/c1-4-6-12-10-14-15-11(18-10)17-7-9(16)13-8(3)5-2/h4,8H,1,5-7H2,2-3H3,(H,12,14)(H,13,16)/t8-/m0/s1. The molecule has 0 aliphatic heterocycles. The first-order chi connectivity index (χ1) is 8.65. The lowest BCUT2D eigenvalue weighted by atomic mass is 10.3. The molecular weight excluding hydrogens is 268 g/mol. The van der Waals surface area contributed by atoms with Crippen molar-refractivity contribution in [1.29, 1.82) is 0 Å². The minimum Gasteiger partial charge on any atom is -0.357 e. The molecule has 0 aliphatic rings. The highest BCUT2D eigenvalue weighted by atomic mass is 32.2. The van der Waals surface area contributed by atoms with Crippen molar-refractivity contribution in [2.75, 3.05) is 17.6 Å². The van der Waals surface area contributed by atoms with Crippen molar-refractivity contribution >= 4 is 34.1 Å². The molecule has 1 atom stereocenters. The summed E-state index contributed by atoms with van der Waals surface area (Å²) in [6.45, 7) is 8.31. The highest BCUT2D eigenvalue weighted by Gasteiger charge is 2.09. The molecule has 7 heteroatoms. The van der Waals surface area contributed by atoms with Gasteiger partial charge in [-0.3, -0.25) is 4.79 Å². The minimum atomic E-state index is 0.0325. The van der Waals surface area contributed by atoms with Crippen molar-refractivity contribution < 1.29 is 4.79 Å². The van der Waals surface area contributed by atoms with Gasteiger partial charge >= 0.3 is 0 Å². The van der Waals surface area contributed by atoms with E-state index < -0.39 is 0 Å². The second-order valence-electron chi connectivity index (χ2n) is 3.71. The third-order valence-electron chi connectivity index (χ3n) is 2.15. The van der Waals surface area contributed by atoms with E-state index in [9.17, 15) is 4.79 Å². The fourth-order valence-electron chi connectivity index (χ4n) is 1.04. The van der Waals surface area contributed by atoms with E-state index in [1.807, 2.05) is 13.8 Å². The Kier molecular flexibility index (Phi) is 6.74. The van der Waals surface area contributed by atoms with Gasteiger partial charge in [0, 0.05) is 12.6 Å². The zero-order valence-corrected chi connectivity index (χ0v) is 12.2. The third kappa shape index (κ3) is 5.50. The first-order valence-corrected chi connectivity index (χ1v) is 7.56. The van der Waals surface area contributed by atoms with Crippen molar-refractivity contribution in [3.63, 3.8) is 0 Å². The Bertz CT molecular complexity index is 394. The quantitative estimate of drug-likeness (QED) is 0.566. The van der Waals surface area contributed by atoms with Crippen LogP contribution in [0.4, 0.5) is 5.13 Å². The van der Waals surface area contributed by atoms with Crippen LogP contribution in [0.5, 0.6) is 0 Å². The molecule has 1 aromatic heterocycles. The number of hydrogen-bond acceptors (Lipinski definition) is 6. The van der Waals surface area contributed by atoms with E-state index in [4.69, 9.17) is 0 Å². The fourth-order valence-corrected chi connectivity index (χ4v) is 2.61. The second-order valence-corrected chi connectivity index (χ2v) is 5.91. The van der Waals surface area contributed by atoms with Crippen molar-refractivity contribution in [1.82, 2.24) is 15.5 Å². The van der Waals surface area contributed by atoms with Gasteiger partial charge in [0.15, 0.2) is 4.34 Å². The number of thioether (sulfide) groups is 1. The zero-order valence-electron chi connectivity index (χ0n) is 10.6. The monoisotopic (exact) mass is 286 g/mol. The topological polar surface area (TPSA) is 66.9 Å². The number of carbonyl (C=O) groups is 1. The van der Waals surface area contributed by atoms with Crippen LogP contribution >= 0.6 is 23.1 Å². The number of nitrogens with one attached hydrogen (secondary N) is 2. The summed E-state index contributed by atoms with van der Waals surface area (Å²) in [6.07, 6.45) is 2.69. The molecule has 0 spiro atoms. The van der Waals surface area contributed by atoms with E-state index in [0.29, 0.717) is 12.3 Å². The van der Waals surface area contributed by atoms with Gasteiger partial charge in [-0.05, 0) is 13.3 Å². The van der Waals surface area contributed by atoms with Crippen LogP contribution < -0.4 is 10.6 Å². The molecule has 0 unspecified atom stereocenters.